The molecule has 0 radical (unpaired) electrons. The van der Waals surface area contributed by atoms with E-state index < -0.39 is 0 Å². The molecule has 0 aliphatic heterocycles. The first-order valence-corrected chi connectivity index (χ1v) is 12.8. The van der Waals surface area contributed by atoms with Gasteiger partial charge in [-0.3, -0.25) is 14.7 Å². The zero-order valence-corrected chi connectivity index (χ0v) is 23.1. The Morgan fingerprint density at radius 3 is 2.14 bits per heavy atom. The van der Waals surface area contributed by atoms with Crippen molar-refractivity contribution in [1.29, 1.82) is 5.26 Å². The molecule has 35 heavy (non-hydrogen) atoms. The molecule has 0 unspecified atom stereocenters. The number of rotatable bonds is 6. The van der Waals surface area contributed by atoms with E-state index in [0.29, 0.717) is 11.5 Å². The van der Waals surface area contributed by atoms with Gasteiger partial charge in [-0.15, -0.1) is 0 Å². The molecule has 2 aromatic heterocycles. The van der Waals surface area contributed by atoms with Crippen molar-refractivity contribution in [2.24, 2.45) is 5.92 Å². The van der Waals surface area contributed by atoms with Gasteiger partial charge in [0.2, 0.25) is 0 Å². The Labute approximate surface area is 216 Å². The van der Waals surface area contributed by atoms with E-state index in [4.69, 9.17) is 0 Å². The van der Waals surface area contributed by atoms with Gasteiger partial charge in [-0.05, 0) is 95.2 Å². The summed E-state index contributed by atoms with van der Waals surface area (Å²) in [5, 5.41) is 9.99. The molecular formula is C30H38N4S. The molecule has 1 aromatic carbocycles. The summed E-state index contributed by atoms with van der Waals surface area (Å²) >= 11 is 1.57. The highest BCUT2D eigenvalue weighted by Gasteiger charge is 2.17. The van der Waals surface area contributed by atoms with Gasteiger partial charge in [0.1, 0.15) is 6.07 Å². The Hall–Kier alpha value is -2.94. The van der Waals surface area contributed by atoms with E-state index in [9.17, 15) is 5.26 Å². The van der Waals surface area contributed by atoms with Crippen LogP contribution < -0.4 is 4.72 Å². The van der Waals surface area contributed by atoms with Crippen LogP contribution in [0.2, 0.25) is 0 Å². The first-order chi connectivity index (χ1) is 16.5. The SMILES string of the molecule is Cc1ccccc1.Cc1cnc(C)c(/C(C#N)=C(\CC(C)C)c2ccc(SNC(C)(C)C)cn2)c1. The first kappa shape index (κ1) is 28.3. The summed E-state index contributed by atoms with van der Waals surface area (Å²) in [5.74, 6) is 0.412. The van der Waals surface area contributed by atoms with Crippen LogP contribution in [-0.2, 0) is 0 Å². The summed E-state index contributed by atoms with van der Waals surface area (Å²) in [4.78, 5) is 10.2. The average molecular weight is 487 g/mol. The van der Waals surface area contributed by atoms with E-state index in [1.165, 1.54) is 5.56 Å². The molecule has 2 heterocycles. The molecule has 3 rings (SSSR count). The van der Waals surface area contributed by atoms with Gasteiger partial charge in [-0.25, -0.2) is 0 Å². The Balaban J connectivity index is 0.000000527. The van der Waals surface area contributed by atoms with Crippen molar-refractivity contribution in [3.05, 3.63) is 89.0 Å². The highest BCUT2D eigenvalue weighted by atomic mass is 32.2. The molecule has 0 amide bonds. The maximum atomic E-state index is 9.99. The zero-order chi connectivity index (χ0) is 26.0. The molecule has 0 fully saturated rings. The summed E-state index contributed by atoms with van der Waals surface area (Å²) in [7, 11) is 0. The minimum atomic E-state index is 0.0235. The van der Waals surface area contributed by atoms with E-state index in [1.807, 2.05) is 56.6 Å². The van der Waals surface area contributed by atoms with Crippen molar-refractivity contribution in [3.8, 4) is 6.07 Å². The fraction of sp³-hybridized carbons (Fsp3) is 0.367. The fourth-order valence-electron chi connectivity index (χ4n) is 3.29. The topological polar surface area (TPSA) is 61.6 Å². The van der Waals surface area contributed by atoms with Crippen molar-refractivity contribution in [1.82, 2.24) is 14.7 Å². The van der Waals surface area contributed by atoms with Crippen LogP contribution in [0.15, 0.2) is 65.8 Å². The van der Waals surface area contributed by atoms with Crippen molar-refractivity contribution in [3.63, 3.8) is 0 Å². The molecule has 1 N–H and O–H groups in total. The maximum Gasteiger partial charge on any atom is 0.100 e. The molecule has 0 aliphatic carbocycles. The molecule has 5 heteroatoms. The van der Waals surface area contributed by atoms with Gasteiger partial charge in [0, 0.05) is 34.1 Å². The molecule has 4 nitrogen and oxygen atoms in total. The lowest BCUT2D eigenvalue weighted by Gasteiger charge is -2.19. The molecule has 0 atom stereocenters. The largest absolute Gasteiger partial charge is 0.261 e. The third-order valence-corrected chi connectivity index (χ3v) is 6.17. The predicted molar refractivity (Wildman–Crippen MR) is 150 cm³/mol. The third-order valence-electron chi connectivity index (χ3n) is 4.98. The molecule has 184 valence electrons. The Kier molecular flexibility index (Phi) is 10.7. The van der Waals surface area contributed by atoms with Crippen LogP contribution in [0, 0.1) is 38.0 Å². The highest BCUT2D eigenvalue weighted by molar-refractivity contribution is 7.97. The van der Waals surface area contributed by atoms with Crippen molar-refractivity contribution in [2.45, 2.75) is 72.2 Å². The molecular weight excluding hydrogens is 448 g/mol. The lowest BCUT2D eigenvalue weighted by molar-refractivity contribution is 0.535. The van der Waals surface area contributed by atoms with Gasteiger partial charge in [0.05, 0.1) is 11.3 Å². The second-order valence-corrected chi connectivity index (χ2v) is 11.1. The molecule has 0 bridgehead atoms. The minimum Gasteiger partial charge on any atom is -0.261 e. The predicted octanol–water partition coefficient (Wildman–Crippen LogP) is 7.96. The van der Waals surface area contributed by atoms with E-state index in [-0.39, 0.29) is 5.54 Å². The fourth-order valence-corrected chi connectivity index (χ4v) is 3.95. The zero-order valence-electron chi connectivity index (χ0n) is 22.3. The summed E-state index contributed by atoms with van der Waals surface area (Å²) in [6.45, 7) is 16.7. The second kappa shape index (κ2) is 13.2. The normalized spacial score (nSPS) is 11.9. The number of hydrogen-bond acceptors (Lipinski definition) is 5. The lowest BCUT2D eigenvalue weighted by atomic mass is 9.91. The van der Waals surface area contributed by atoms with Crippen LogP contribution in [0.1, 0.15) is 69.1 Å². The number of hydrogen-bond donors (Lipinski definition) is 1. The first-order valence-electron chi connectivity index (χ1n) is 12.0. The third kappa shape index (κ3) is 9.68. The van der Waals surface area contributed by atoms with Crippen molar-refractivity contribution in [2.75, 3.05) is 0 Å². The minimum absolute atomic E-state index is 0.0235. The highest BCUT2D eigenvalue weighted by Crippen LogP contribution is 2.32. The number of nitrogens with one attached hydrogen (secondary N) is 1. The van der Waals surface area contributed by atoms with Crippen LogP contribution in [0.25, 0.3) is 11.1 Å². The van der Waals surface area contributed by atoms with Crippen LogP contribution in [0.4, 0.5) is 0 Å². The molecule has 0 saturated heterocycles. The van der Waals surface area contributed by atoms with Gasteiger partial charge in [0.25, 0.3) is 0 Å². The number of aryl methyl sites for hydroxylation is 3. The quantitative estimate of drug-likeness (QED) is 0.283. The number of allylic oxidation sites excluding steroid dienone is 2. The van der Waals surface area contributed by atoms with Gasteiger partial charge in [-0.1, -0.05) is 49.7 Å². The number of benzene rings is 1. The summed E-state index contributed by atoms with van der Waals surface area (Å²) in [5.41, 5.74) is 6.66. The Morgan fingerprint density at radius 2 is 1.66 bits per heavy atom. The van der Waals surface area contributed by atoms with E-state index >= 15 is 0 Å². The molecule has 0 aliphatic rings. The van der Waals surface area contributed by atoms with Gasteiger partial charge < -0.3 is 0 Å². The van der Waals surface area contributed by atoms with Gasteiger partial charge in [0.15, 0.2) is 0 Å². The van der Waals surface area contributed by atoms with Gasteiger partial charge >= 0.3 is 0 Å². The van der Waals surface area contributed by atoms with Crippen LogP contribution >= 0.6 is 11.9 Å². The smallest absolute Gasteiger partial charge is 0.100 e. The summed E-state index contributed by atoms with van der Waals surface area (Å²) in [6, 6.07) is 18.8. The van der Waals surface area contributed by atoms with Crippen LogP contribution in [-0.4, -0.2) is 15.5 Å². The van der Waals surface area contributed by atoms with E-state index in [0.717, 1.165) is 39.4 Å². The van der Waals surface area contributed by atoms with E-state index in [1.54, 1.807) is 11.9 Å². The van der Waals surface area contributed by atoms with Crippen molar-refractivity contribution < 1.29 is 0 Å². The number of nitriles is 1. The monoisotopic (exact) mass is 486 g/mol. The molecule has 0 saturated carbocycles. The summed E-state index contributed by atoms with van der Waals surface area (Å²) in [6.07, 6.45) is 4.49. The number of aromatic nitrogens is 2. The average Bonchev–Trinajstić information content (AvgIpc) is 2.80. The standard InChI is InChI=1S/C23H30N4S.C7H8/c1-15(2)10-20(21(12-24)19-11-16(3)13-25-17(19)4)22-9-8-18(14-26-22)28-27-23(5,6)7;1-7-5-3-2-4-6-7/h8-9,11,13-15,27H,10H2,1-7H3;2-6H,1H3/b21-20+;. The van der Waals surface area contributed by atoms with Crippen LogP contribution in [0.5, 0.6) is 0 Å². The number of pyridine rings is 2. The molecule has 3 aromatic rings. The molecule has 0 spiro atoms. The Morgan fingerprint density at radius 1 is 0.971 bits per heavy atom. The van der Waals surface area contributed by atoms with Crippen molar-refractivity contribution >= 4 is 23.1 Å². The lowest BCUT2D eigenvalue weighted by Crippen LogP contribution is -2.29. The van der Waals surface area contributed by atoms with Gasteiger partial charge in [-0.2, -0.15) is 5.26 Å². The summed E-state index contributed by atoms with van der Waals surface area (Å²) < 4.78 is 3.40. The second-order valence-electron chi connectivity index (χ2n) is 10.2. The van der Waals surface area contributed by atoms with Crippen LogP contribution in [0.3, 0.4) is 0 Å². The number of nitrogens with zero attached hydrogens (tertiary/aromatic N) is 3. The van der Waals surface area contributed by atoms with E-state index in [2.05, 4.69) is 80.5 Å². The maximum absolute atomic E-state index is 9.99. The Bertz CT molecular complexity index is 1150.